The molecular formula is C16H20N2O. The van der Waals surface area contributed by atoms with E-state index in [0.717, 1.165) is 36.9 Å². The molecule has 3 heteroatoms. The van der Waals surface area contributed by atoms with E-state index in [1.165, 1.54) is 0 Å². The van der Waals surface area contributed by atoms with Crippen LogP contribution in [0.4, 0.5) is 0 Å². The van der Waals surface area contributed by atoms with Crippen molar-refractivity contribution in [3.8, 4) is 11.8 Å². The maximum atomic E-state index is 12.5. The number of benzene rings is 1. The molecular weight excluding hydrogens is 236 g/mol. The van der Waals surface area contributed by atoms with Gasteiger partial charge in [0.05, 0.1) is 6.54 Å². The SMILES string of the molecule is CCCN(C(=O)c1cccc(C#CCN)c1)C1CC1. The first-order valence-corrected chi connectivity index (χ1v) is 6.86. The van der Waals surface area contributed by atoms with Gasteiger partial charge in [0.2, 0.25) is 0 Å². The van der Waals surface area contributed by atoms with Gasteiger partial charge in [-0.05, 0) is 37.5 Å². The van der Waals surface area contributed by atoms with Gasteiger partial charge in [0.15, 0.2) is 0 Å². The first-order valence-electron chi connectivity index (χ1n) is 6.86. The van der Waals surface area contributed by atoms with Crippen LogP contribution in [0.15, 0.2) is 24.3 Å². The summed E-state index contributed by atoms with van der Waals surface area (Å²) in [7, 11) is 0. The molecule has 0 aromatic heterocycles. The van der Waals surface area contributed by atoms with Gasteiger partial charge >= 0.3 is 0 Å². The van der Waals surface area contributed by atoms with Crippen LogP contribution in [0.1, 0.15) is 42.1 Å². The predicted octanol–water partition coefficient (Wildman–Crippen LogP) is 2.01. The summed E-state index contributed by atoms with van der Waals surface area (Å²) in [6, 6.07) is 7.95. The molecule has 0 unspecified atom stereocenters. The van der Waals surface area contributed by atoms with Gasteiger partial charge in [-0.15, -0.1) is 0 Å². The Labute approximate surface area is 114 Å². The minimum absolute atomic E-state index is 0.126. The van der Waals surface area contributed by atoms with Crippen LogP contribution in [-0.2, 0) is 0 Å². The minimum atomic E-state index is 0.126. The van der Waals surface area contributed by atoms with Crippen LogP contribution in [-0.4, -0.2) is 29.9 Å². The third-order valence-electron chi connectivity index (χ3n) is 3.16. The van der Waals surface area contributed by atoms with Gasteiger partial charge in [0.1, 0.15) is 0 Å². The zero-order valence-electron chi connectivity index (χ0n) is 11.4. The molecule has 100 valence electrons. The van der Waals surface area contributed by atoms with Crippen molar-refractivity contribution in [2.75, 3.05) is 13.1 Å². The van der Waals surface area contributed by atoms with Gasteiger partial charge in [0, 0.05) is 23.7 Å². The summed E-state index contributed by atoms with van der Waals surface area (Å²) in [5, 5.41) is 0. The van der Waals surface area contributed by atoms with Crippen molar-refractivity contribution in [3.63, 3.8) is 0 Å². The van der Waals surface area contributed by atoms with E-state index in [2.05, 4.69) is 18.8 Å². The highest BCUT2D eigenvalue weighted by molar-refractivity contribution is 5.95. The summed E-state index contributed by atoms with van der Waals surface area (Å²) in [6.45, 7) is 3.27. The van der Waals surface area contributed by atoms with Crippen molar-refractivity contribution in [1.29, 1.82) is 0 Å². The quantitative estimate of drug-likeness (QED) is 0.838. The normalized spacial score (nSPS) is 13.6. The molecule has 0 atom stereocenters. The first kappa shape index (κ1) is 13.6. The fourth-order valence-corrected chi connectivity index (χ4v) is 2.13. The maximum Gasteiger partial charge on any atom is 0.254 e. The Bertz CT molecular complexity index is 509. The average molecular weight is 256 g/mol. The number of amides is 1. The van der Waals surface area contributed by atoms with Crippen molar-refractivity contribution in [3.05, 3.63) is 35.4 Å². The van der Waals surface area contributed by atoms with Crippen molar-refractivity contribution in [2.45, 2.75) is 32.2 Å². The molecule has 1 saturated carbocycles. The second-order valence-corrected chi connectivity index (χ2v) is 4.82. The topological polar surface area (TPSA) is 46.3 Å². The number of nitrogens with two attached hydrogens (primary N) is 1. The summed E-state index contributed by atoms with van der Waals surface area (Å²) in [4.78, 5) is 14.5. The van der Waals surface area contributed by atoms with Gasteiger partial charge in [0.25, 0.3) is 5.91 Å². The Morgan fingerprint density at radius 2 is 2.26 bits per heavy atom. The molecule has 2 rings (SSSR count). The molecule has 3 nitrogen and oxygen atoms in total. The number of carbonyl (C=O) groups excluding carboxylic acids is 1. The smallest absolute Gasteiger partial charge is 0.254 e. The van der Waals surface area contributed by atoms with Gasteiger partial charge in [-0.2, -0.15) is 0 Å². The van der Waals surface area contributed by atoms with Crippen LogP contribution < -0.4 is 5.73 Å². The molecule has 1 aliphatic rings. The Morgan fingerprint density at radius 3 is 2.89 bits per heavy atom. The van der Waals surface area contributed by atoms with Crippen LogP contribution in [0.2, 0.25) is 0 Å². The first-order chi connectivity index (χ1) is 9.26. The zero-order chi connectivity index (χ0) is 13.7. The summed E-state index contributed by atoms with van der Waals surface area (Å²) < 4.78 is 0. The van der Waals surface area contributed by atoms with Crippen LogP contribution in [0.3, 0.4) is 0 Å². The van der Waals surface area contributed by atoms with Gasteiger partial charge in [-0.1, -0.05) is 24.8 Å². The molecule has 0 heterocycles. The van der Waals surface area contributed by atoms with E-state index in [9.17, 15) is 4.79 Å². The van der Waals surface area contributed by atoms with Crippen molar-refractivity contribution in [1.82, 2.24) is 4.90 Å². The molecule has 1 aliphatic carbocycles. The molecule has 1 fully saturated rings. The summed E-state index contributed by atoms with van der Waals surface area (Å²) >= 11 is 0. The van der Waals surface area contributed by atoms with E-state index in [0.29, 0.717) is 12.6 Å². The number of hydrogen-bond acceptors (Lipinski definition) is 2. The van der Waals surface area contributed by atoms with Crippen molar-refractivity contribution >= 4 is 5.91 Å². The molecule has 0 spiro atoms. The van der Waals surface area contributed by atoms with Gasteiger partial charge in [-0.25, -0.2) is 0 Å². The second kappa shape index (κ2) is 6.40. The third-order valence-corrected chi connectivity index (χ3v) is 3.16. The number of nitrogens with zero attached hydrogens (tertiary/aromatic N) is 1. The Kier molecular flexibility index (Phi) is 4.59. The van der Waals surface area contributed by atoms with Crippen molar-refractivity contribution in [2.24, 2.45) is 5.73 Å². The highest BCUT2D eigenvalue weighted by Gasteiger charge is 2.32. The van der Waals surface area contributed by atoms with Crippen LogP contribution >= 0.6 is 0 Å². The summed E-state index contributed by atoms with van der Waals surface area (Å²) in [5.41, 5.74) is 6.94. The van der Waals surface area contributed by atoms with E-state index in [1.807, 2.05) is 29.2 Å². The molecule has 1 aromatic carbocycles. The molecule has 0 aliphatic heterocycles. The largest absolute Gasteiger partial charge is 0.336 e. The second-order valence-electron chi connectivity index (χ2n) is 4.82. The Hall–Kier alpha value is -1.79. The van der Waals surface area contributed by atoms with Crippen LogP contribution in [0, 0.1) is 11.8 Å². The third kappa shape index (κ3) is 3.59. The number of hydrogen-bond donors (Lipinski definition) is 1. The van der Waals surface area contributed by atoms with E-state index in [1.54, 1.807) is 0 Å². The molecule has 19 heavy (non-hydrogen) atoms. The lowest BCUT2D eigenvalue weighted by atomic mass is 10.1. The minimum Gasteiger partial charge on any atom is -0.336 e. The lowest BCUT2D eigenvalue weighted by Crippen LogP contribution is -2.33. The zero-order valence-corrected chi connectivity index (χ0v) is 11.4. The lowest BCUT2D eigenvalue weighted by Gasteiger charge is -2.21. The molecule has 2 N–H and O–H groups in total. The highest BCUT2D eigenvalue weighted by Crippen LogP contribution is 2.28. The maximum absolute atomic E-state index is 12.5. The Morgan fingerprint density at radius 1 is 1.47 bits per heavy atom. The fourth-order valence-electron chi connectivity index (χ4n) is 2.13. The van der Waals surface area contributed by atoms with E-state index in [4.69, 9.17) is 5.73 Å². The molecule has 0 radical (unpaired) electrons. The average Bonchev–Trinajstić information content (AvgIpc) is 3.26. The fraction of sp³-hybridized carbons (Fsp3) is 0.438. The Balaban J connectivity index is 2.17. The van der Waals surface area contributed by atoms with E-state index >= 15 is 0 Å². The summed E-state index contributed by atoms with van der Waals surface area (Å²) in [5.74, 6) is 5.91. The van der Waals surface area contributed by atoms with Crippen LogP contribution in [0.25, 0.3) is 0 Å². The van der Waals surface area contributed by atoms with Gasteiger partial charge in [-0.3, -0.25) is 4.79 Å². The van der Waals surface area contributed by atoms with Crippen molar-refractivity contribution < 1.29 is 4.79 Å². The molecule has 1 aromatic rings. The van der Waals surface area contributed by atoms with E-state index in [-0.39, 0.29) is 5.91 Å². The monoisotopic (exact) mass is 256 g/mol. The van der Waals surface area contributed by atoms with Gasteiger partial charge < -0.3 is 10.6 Å². The summed E-state index contributed by atoms with van der Waals surface area (Å²) in [6.07, 6.45) is 3.27. The molecule has 0 bridgehead atoms. The molecule has 0 saturated heterocycles. The van der Waals surface area contributed by atoms with Crippen LogP contribution in [0.5, 0.6) is 0 Å². The molecule has 1 amide bonds. The lowest BCUT2D eigenvalue weighted by molar-refractivity contribution is 0.0743. The number of rotatable bonds is 4. The standard InChI is InChI=1S/C16H20N2O/c1-2-11-18(15-8-9-15)16(19)14-7-3-5-13(12-14)6-4-10-17/h3,5,7,12,15H,2,8-11,17H2,1H3. The van der Waals surface area contributed by atoms with E-state index < -0.39 is 0 Å². The number of carbonyl (C=O) groups is 1. The highest BCUT2D eigenvalue weighted by atomic mass is 16.2. The predicted molar refractivity (Wildman–Crippen MR) is 76.7 cm³/mol.